The van der Waals surface area contributed by atoms with Gasteiger partial charge >= 0.3 is 0 Å². The highest BCUT2D eigenvalue weighted by molar-refractivity contribution is 7.89. The van der Waals surface area contributed by atoms with Crippen LogP contribution in [0.25, 0.3) is 0 Å². The number of primary sulfonamides is 1. The molecule has 8 heteroatoms. The standard InChI is InChI=1S/C11H12N4O3S/c12-19(17,18)10-5-2-1-4-9(10)14-11(16)8-15-7-3-6-13-15/h1-7H,8H2,(H,14,16)(H2,12,17,18). The number of benzene rings is 1. The molecular weight excluding hydrogens is 268 g/mol. The van der Waals surface area contributed by atoms with E-state index < -0.39 is 10.0 Å². The first-order valence-corrected chi connectivity index (χ1v) is 6.90. The van der Waals surface area contributed by atoms with E-state index in [0.29, 0.717) is 0 Å². The predicted octanol–water partition coefficient (Wildman–Crippen LogP) is 0.169. The molecule has 0 saturated heterocycles. The molecule has 0 atom stereocenters. The van der Waals surface area contributed by atoms with Gasteiger partial charge in [-0.25, -0.2) is 13.6 Å². The number of amides is 1. The molecule has 1 aromatic heterocycles. The van der Waals surface area contributed by atoms with Gasteiger partial charge in [-0.15, -0.1) is 0 Å². The Morgan fingerprint density at radius 2 is 2.05 bits per heavy atom. The quantitative estimate of drug-likeness (QED) is 0.832. The van der Waals surface area contributed by atoms with Crippen LogP contribution in [0, 0.1) is 0 Å². The molecule has 3 N–H and O–H groups in total. The normalized spacial score (nSPS) is 11.2. The molecule has 100 valence electrons. The number of carbonyl (C=O) groups is 1. The maximum Gasteiger partial charge on any atom is 0.246 e. The Morgan fingerprint density at radius 1 is 1.32 bits per heavy atom. The first-order valence-electron chi connectivity index (χ1n) is 5.36. The number of nitrogens with two attached hydrogens (primary N) is 1. The minimum Gasteiger partial charge on any atom is -0.323 e. The molecule has 0 aliphatic carbocycles. The lowest BCUT2D eigenvalue weighted by molar-refractivity contribution is -0.116. The van der Waals surface area contributed by atoms with E-state index in [1.54, 1.807) is 24.5 Å². The van der Waals surface area contributed by atoms with Crippen molar-refractivity contribution in [2.45, 2.75) is 11.4 Å². The third-order valence-electron chi connectivity index (χ3n) is 2.33. The van der Waals surface area contributed by atoms with Crippen LogP contribution in [0.2, 0.25) is 0 Å². The Labute approximate surface area is 110 Å². The fraction of sp³-hybridized carbons (Fsp3) is 0.0909. The first kappa shape index (κ1) is 13.2. The Bertz CT molecular complexity index is 680. The number of carbonyl (C=O) groups excluding carboxylic acids is 1. The topological polar surface area (TPSA) is 107 Å². The van der Waals surface area contributed by atoms with Crippen LogP contribution in [0.15, 0.2) is 47.6 Å². The molecule has 0 fully saturated rings. The first-order chi connectivity index (χ1) is 8.97. The highest BCUT2D eigenvalue weighted by Crippen LogP contribution is 2.19. The number of nitrogens with zero attached hydrogens (tertiary/aromatic N) is 2. The minimum atomic E-state index is -3.88. The Balaban J connectivity index is 2.18. The largest absolute Gasteiger partial charge is 0.323 e. The van der Waals surface area contributed by atoms with E-state index in [9.17, 15) is 13.2 Å². The molecule has 2 rings (SSSR count). The molecule has 0 bridgehead atoms. The van der Waals surface area contributed by atoms with Gasteiger partial charge in [0.25, 0.3) is 0 Å². The summed E-state index contributed by atoms with van der Waals surface area (Å²) in [6.45, 7) is -0.00798. The smallest absolute Gasteiger partial charge is 0.246 e. The summed E-state index contributed by atoms with van der Waals surface area (Å²) in [7, 11) is -3.88. The van der Waals surface area contributed by atoms with Crippen molar-refractivity contribution >= 4 is 21.6 Å². The number of rotatable bonds is 4. The fourth-order valence-electron chi connectivity index (χ4n) is 1.55. The zero-order valence-corrected chi connectivity index (χ0v) is 10.7. The zero-order chi connectivity index (χ0) is 13.9. The van der Waals surface area contributed by atoms with Crippen molar-refractivity contribution in [3.05, 3.63) is 42.7 Å². The van der Waals surface area contributed by atoms with Crippen LogP contribution in [-0.4, -0.2) is 24.1 Å². The fourth-order valence-corrected chi connectivity index (χ4v) is 2.24. The van der Waals surface area contributed by atoms with Gasteiger partial charge in [-0.1, -0.05) is 12.1 Å². The van der Waals surface area contributed by atoms with Gasteiger partial charge in [0.2, 0.25) is 15.9 Å². The number of anilines is 1. The molecule has 1 heterocycles. The number of hydrogen-bond acceptors (Lipinski definition) is 4. The minimum absolute atomic E-state index is 0.00798. The molecule has 1 amide bonds. The Morgan fingerprint density at radius 3 is 2.68 bits per heavy atom. The van der Waals surface area contributed by atoms with Crippen molar-refractivity contribution in [1.82, 2.24) is 9.78 Å². The van der Waals surface area contributed by atoms with Crippen LogP contribution in [0.1, 0.15) is 0 Å². The lowest BCUT2D eigenvalue weighted by Gasteiger charge is -2.09. The van der Waals surface area contributed by atoms with Gasteiger partial charge in [0.1, 0.15) is 11.4 Å². The number of sulfonamides is 1. The lowest BCUT2D eigenvalue weighted by atomic mass is 10.3. The van der Waals surface area contributed by atoms with E-state index in [4.69, 9.17) is 5.14 Å². The van der Waals surface area contributed by atoms with Crippen LogP contribution in [0.5, 0.6) is 0 Å². The van der Waals surface area contributed by atoms with Crippen molar-refractivity contribution in [1.29, 1.82) is 0 Å². The van der Waals surface area contributed by atoms with Crippen LogP contribution in [0.4, 0.5) is 5.69 Å². The Kier molecular flexibility index (Phi) is 3.63. The van der Waals surface area contributed by atoms with Crippen LogP contribution in [0.3, 0.4) is 0 Å². The molecular formula is C11H12N4O3S. The maximum absolute atomic E-state index is 11.8. The molecule has 0 aliphatic heterocycles. The second kappa shape index (κ2) is 5.21. The summed E-state index contributed by atoms with van der Waals surface area (Å²) in [6.07, 6.45) is 3.18. The second-order valence-electron chi connectivity index (χ2n) is 3.79. The van der Waals surface area contributed by atoms with E-state index in [0.717, 1.165) is 0 Å². The predicted molar refractivity (Wildman–Crippen MR) is 68.7 cm³/mol. The summed E-state index contributed by atoms with van der Waals surface area (Å²) in [5.41, 5.74) is 0.155. The third-order valence-corrected chi connectivity index (χ3v) is 3.30. The van der Waals surface area contributed by atoms with Gasteiger partial charge in [-0.2, -0.15) is 5.10 Å². The van der Waals surface area contributed by atoms with Crippen molar-refractivity contribution in [2.75, 3.05) is 5.32 Å². The van der Waals surface area contributed by atoms with E-state index in [-0.39, 0.29) is 23.0 Å². The lowest BCUT2D eigenvalue weighted by Crippen LogP contribution is -2.21. The molecule has 0 saturated carbocycles. The molecule has 1 aromatic carbocycles. The summed E-state index contributed by atoms with van der Waals surface area (Å²) in [4.78, 5) is 11.6. The maximum atomic E-state index is 11.8. The van der Waals surface area contributed by atoms with E-state index in [2.05, 4.69) is 10.4 Å². The average molecular weight is 280 g/mol. The van der Waals surface area contributed by atoms with Gasteiger partial charge in [-0.3, -0.25) is 9.48 Å². The third kappa shape index (κ3) is 3.39. The van der Waals surface area contributed by atoms with Crippen molar-refractivity contribution in [2.24, 2.45) is 5.14 Å². The highest BCUT2D eigenvalue weighted by atomic mass is 32.2. The summed E-state index contributed by atoms with van der Waals surface area (Å²) in [5.74, 6) is -0.389. The van der Waals surface area contributed by atoms with Crippen molar-refractivity contribution < 1.29 is 13.2 Å². The number of aromatic nitrogens is 2. The molecule has 19 heavy (non-hydrogen) atoms. The van der Waals surface area contributed by atoms with Crippen molar-refractivity contribution in [3.8, 4) is 0 Å². The van der Waals surface area contributed by atoms with E-state index in [1.165, 1.54) is 22.9 Å². The molecule has 0 radical (unpaired) electrons. The van der Waals surface area contributed by atoms with Gasteiger partial charge in [0.05, 0.1) is 5.69 Å². The summed E-state index contributed by atoms with van der Waals surface area (Å²) in [5, 5.41) is 11.5. The average Bonchev–Trinajstić information content (AvgIpc) is 2.81. The SMILES string of the molecule is NS(=O)(=O)c1ccccc1NC(=O)Cn1cccn1. The zero-order valence-electron chi connectivity index (χ0n) is 9.85. The van der Waals surface area contributed by atoms with E-state index >= 15 is 0 Å². The van der Waals surface area contributed by atoms with Crippen LogP contribution in [-0.2, 0) is 21.4 Å². The Hall–Kier alpha value is -2.19. The monoisotopic (exact) mass is 280 g/mol. The molecule has 0 aliphatic rings. The highest BCUT2D eigenvalue weighted by Gasteiger charge is 2.15. The van der Waals surface area contributed by atoms with Crippen molar-refractivity contribution in [3.63, 3.8) is 0 Å². The van der Waals surface area contributed by atoms with Crippen LogP contribution >= 0.6 is 0 Å². The van der Waals surface area contributed by atoms with Gasteiger partial charge < -0.3 is 5.32 Å². The molecule has 7 nitrogen and oxygen atoms in total. The molecule has 0 spiro atoms. The van der Waals surface area contributed by atoms with E-state index in [1.807, 2.05) is 0 Å². The molecule has 0 unspecified atom stereocenters. The number of para-hydroxylation sites is 1. The van der Waals surface area contributed by atoms with Gasteiger partial charge in [0, 0.05) is 12.4 Å². The second-order valence-corrected chi connectivity index (χ2v) is 5.32. The summed E-state index contributed by atoms with van der Waals surface area (Å²) >= 11 is 0. The summed E-state index contributed by atoms with van der Waals surface area (Å²) < 4.78 is 24.1. The molecule has 2 aromatic rings. The van der Waals surface area contributed by atoms with Gasteiger partial charge in [0.15, 0.2) is 0 Å². The van der Waals surface area contributed by atoms with Gasteiger partial charge in [-0.05, 0) is 18.2 Å². The number of nitrogens with one attached hydrogen (secondary N) is 1. The number of hydrogen-bond donors (Lipinski definition) is 2. The summed E-state index contributed by atoms with van der Waals surface area (Å²) in [6, 6.07) is 7.63. The van der Waals surface area contributed by atoms with Crippen LogP contribution < -0.4 is 10.5 Å².